The molecule has 0 heterocycles. The Hall–Kier alpha value is -1.26. The zero-order valence-electron chi connectivity index (χ0n) is 9.02. The molecule has 0 saturated carbocycles. The quantitative estimate of drug-likeness (QED) is 0.524. The van der Waals surface area contributed by atoms with Crippen LogP contribution in [0, 0.1) is 0 Å². The van der Waals surface area contributed by atoms with Crippen molar-refractivity contribution in [1.29, 1.82) is 0 Å². The maximum Gasteiger partial charge on any atom is 0.238 e. The third-order valence-corrected chi connectivity index (χ3v) is 4.65. The summed E-state index contributed by atoms with van der Waals surface area (Å²) in [6, 6.07) is 4.44. The van der Waals surface area contributed by atoms with Crippen LogP contribution < -0.4 is 5.14 Å². The van der Waals surface area contributed by atoms with E-state index in [2.05, 4.69) is 0 Å². The molecule has 0 amide bonds. The molecular weight excluding hydrogens is 282 g/mol. The zero-order chi connectivity index (χ0) is 14.0. The molecule has 0 aromatic heterocycles. The monoisotopic (exact) mass is 293 g/mol. The molecule has 1 aromatic carbocycles. The fourth-order valence-corrected chi connectivity index (χ4v) is 2.88. The van der Waals surface area contributed by atoms with Crippen LogP contribution in [0.1, 0.15) is 0 Å². The number of hydrogen-bond acceptors (Lipinski definition) is 6. The molecule has 1 rings (SSSR count). The summed E-state index contributed by atoms with van der Waals surface area (Å²) in [4.78, 5) is 20.8. The number of Topliss-reactive ketones (excluding diaryl/α,β-unsaturated/α-hetero) is 1. The molecular formula is C9H11NO6S2. The normalized spacial score (nSPS) is 13.1. The molecule has 0 fully saturated rings. The summed E-state index contributed by atoms with van der Waals surface area (Å²) >= 11 is 0. The predicted molar refractivity (Wildman–Crippen MR) is 64.9 cm³/mol. The van der Waals surface area contributed by atoms with E-state index in [9.17, 15) is 27.1 Å². The molecule has 0 aliphatic carbocycles. The average Bonchev–Trinajstić information content (AvgIpc) is 2.27. The zero-order valence-corrected chi connectivity index (χ0v) is 10.6. The van der Waals surface area contributed by atoms with Crippen LogP contribution in [-0.2, 0) is 19.6 Å². The Morgan fingerprint density at radius 1 is 1.17 bits per heavy atom. The van der Waals surface area contributed by atoms with Crippen LogP contribution in [0.15, 0.2) is 34.1 Å². The van der Waals surface area contributed by atoms with Crippen LogP contribution in [-0.4, -0.2) is 35.3 Å². The topological polar surface area (TPSA) is 135 Å². The van der Waals surface area contributed by atoms with Crippen LogP contribution in [0.25, 0.3) is 0 Å². The summed E-state index contributed by atoms with van der Waals surface area (Å²) in [7, 11) is -7.32. The molecule has 0 radical (unpaired) electrons. The molecule has 100 valence electrons. The van der Waals surface area contributed by atoms with Crippen LogP contribution in [0.2, 0.25) is 0 Å². The maximum atomic E-state index is 11.0. The second kappa shape index (κ2) is 5.16. The van der Waals surface area contributed by atoms with Gasteiger partial charge >= 0.3 is 0 Å². The van der Waals surface area contributed by atoms with Crippen molar-refractivity contribution in [3.05, 3.63) is 24.3 Å². The lowest BCUT2D eigenvalue weighted by molar-refractivity contribution is -0.128. The summed E-state index contributed by atoms with van der Waals surface area (Å²) in [5, 5.41) is 4.87. The third-order valence-electron chi connectivity index (χ3n) is 2.00. The highest BCUT2D eigenvalue weighted by Crippen LogP contribution is 2.47. The first-order valence-electron chi connectivity index (χ1n) is 4.53. The summed E-state index contributed by atoms with van der Waals surface area (Å²) in [5.41, 5.74) is 0. The van der Waals surface area contributed by atoms with E-state index in [4.69, 9.17) is 5.14 Å². The lowest BCUT2D eigenvalue weighted by Gasteiger charge is -2.30. The second-order valence-corrected chi connectivity index (χ2v) is 7.07. The van der Waals surface area contributed by atoms with E-state index < -0.39 is 32.1 Å². The van der Waals surface area contributed by atoms with Crippen molar-refractivity contribution in [3.8, 4) is 0 Å². The van der Waals surface area contributed by atoms with E-state index in [-0.39, 0.29) is 16.1 Å². The van der Waals surface area contributed by atoms with Gasteiger partial charge in [0.05, 0.1) is 9.79 Å². The van der Waals surface area contributed by atoms with Gasteiger partial charge in [-0.3, -0.25) is 18.7 Å². The molecule has 1 aromatic rings. The number of carbonyl (C=O) groups excluding carboxylic acids is 2. The second-order valence-electron chi connectivity index (χ2n) is 3.41. The van der Waals surface area contributed by atoms with Gasteiger partial charge in [-0.15, -0.1) is 0 Å². The lowest BCUT2D eigenvalue weighted by atomic mass is 10.4. The Balaban J connectivity index is 3.04. The maximum absolute atomic E-state index is 11.0. The number of sulfonamides is 1. The first-order chi connectivity index (χ1) is 8.16. The summed E-state index contributed by atoms with van der Waals surface area (Å²) < 4.78 is 41.3. The molecule has 0 bridgehead atoms. The van der Waals surface area contributed by atoms with E-state index in [1.165, 1.54) is 0 Å². The summed E-state index contributed by atoms with van der Waals surface area (Å²) in [5.74, 6) is -1.68. The molecule has 18 heavy (non-hydrogen) atoms. The van der Waals surface area contributed by atoms with Crippen LogP contribution in [0.3, 0.4) is 0 Å². The SMILES string of the molecule is NS(=O)(=O)c1ccc(S(O)(O)CC(=O)C=O)cc1. The largest absolute Gasteiger partial charge is 0.295 e. The van der Waals surface area contributed by atoms with E-state index in [0.717, 1.165) is 24.3 Å². The summed E-state index contributed by atoms with van der Waals surface area (Å²) in [6.45, 7) is 0. The van der Waals surface area contributed by atoms with Crippen molar-refractivity contribution in [1.82, 2.24) is 0 Å². The third kappa shape index (κ3) is 3.62. The van der Waals surface area contributed by atoms with Crippen LogP contribution in [0.4, 0.5) is 0 Å². The van der Waals surface area contributed by atoms with Gasteiger partial charge in [0, 0.05) is 0 Å². The summed E-state index contributed by atoms with van der Waals surface area (Å²) in [6.07, 6.45) is -0.00704. The van der Waals surface area contributed by atoms with E-state index in [1.54, 1.807) is 0 Å². The fraction of sp³-hybridized carbons (Fsp3) is 0.111. The Kier molecular flexibility index (Phi) is 4.24. The molecule has 9 heteroatoms. The lowest BCUT2D eigenvalue weighted by Crippen LogP contribution is -2.15. The number of nitrogens with two attached hydrogens (primary N) is 1. The van der Waals surface area contributed by atoms with Gasteiger partial charge in [-0.05, 0) is 24.3 Å². The number of ketones is 1. The first kappa shape index (κ1) is 14.8. The Morgan fingerprint density at radius 2 is 1.61 bits per heavy atom. The number of carbonyl (C=O) groups is 2. The van der Waals surface area contributed by atoms with Gasteiger partial charge in [0.25, 0.3) is 0 Å². The van der Waals surface area contributed by atoms with Gasteiger partial charge in [0.1, 0.15) is 5.75 Å². The molecule has 0 aliphatic heterocycles. The van der Waals surface area contributed by atoms with Gasteiger partial charge < -0.3 is 0 Å². The smallest absolute Gasteiger partial charge is 0.238 e. The minimum absolute atomic E-state index is 0.00704. The van der Waals surface area contributed by atoms with Gasteiger partial charge in [-0.25, -0.2) is 13.6 Å². The van der Waals surface area contributed by atoms with Crippen LogP contribution in [0.5, 0.6) is 0 Å². The van der Waals surface area contributed by atoms with Crippen molar-refractivity contribution in [2.45, 2.75) is 9.79 Å². The first-order valence-corrected chi connectivity index (χ1v) is 7.80. The fourth-order valence-electron chi connectivity index (χ4n) is 1.16. The average molecular weight is 293 g/mol. The molecule has 0 unspecified atom stereocenters. The van der Waals surface area contributed by atoms with Crippen LogP contribution >= 0.6 is 10.6 Å². The number of aldehydes is 1. The molecule has 0 spiro atoms. The van der Waals surface area contributed by atoms with Crippen molar-refractivity contribution in [2.24, 2.45) is 5.14 Å². The molecule has 0 atom stereocenters. The number of primary sulfonamides is 1. The molecule has 7 nitrogen and oxygen atoms in total. The minimum atomic E-state index is -3.87. The Morgan fingerprint density at radius 3 is 2.00 bits per heavy atom. The highest BCUT2D eigenvalue weighted by Gasteiger charge is 2.20. The van der Waals surface area contributed by atoms with E-state index >= 15 is 0 Å². The minimum Gasteiger partial charge on any atom is -0.295 e. The number of rotatable bonds is 5. The Labute approximate surface area is 105 Å². The van der Waals surface area contributed by atoms with Gasteiger partial charge in [-0.1, -0.05) is 0 Å². The van der Waals surface area contributed by atoms with Gasteiger partial charge in [-0.2, -0.15) is 10.6 Å². The standard InChI is InChI=1S/C9H11NO6S2/c10-18(15,16)9-3-1-8(2-4-9)17(13,14)6-7(12)5-11/h1-5,13-14H,6H2,(H2,10,15,16). The molecule has 0 aliphatic rings. The van der Waals surface area contributed by atoms with E-state index in [0.29, 0.717) is 0 Å². The molecule has 0 saturated heterocycles. The van der Waals surface area contributed by atoms with E-state index in [1.807, 2.05) is 0 Å². The van der Waals surface area contributed by atoms with Crippen molar-refractivity contribution < 1.29 is 27.1 Å². The van der Waals surface area contributed by atoms with Gasteiger partial charge in [0.15, 0.2) is 6.29 Å². The van der Waals surface area contributed by atoms with Gasteiger partial charge in [0.2, 0.25) is 15.8 Å². The highest BCUT2D eigenvalue weighted by atomic mass is 32.3. The highest BCUT2D eigenvalue weighted by molar-refractivity contribution is 8.24. The van der Waals surface area contributed by atoms with Crippen molar-refractivity contribution >= 4 is 32.7 Å². The number of benzene rings is 1. The van der Waals surface area contributed by atoms with Crippen molar-refractivity contribution in [3.63, 3.8) is 0 Å². The number of hydrogen-bond donors (Lipinski definition) is 3. The van der Waals surface area contributed by atoms with Crippen molar-refractivity contribution in [2.75, 3.05) is 5.75 Å². The molecule has 4 N–H and O–H groups in total. The Bertz CT molecular complexity index is 563. The predicted octanol–water partition coefficient (Wildman–Crippen LogP) is 0.211.